The Morgan fingerprint density at radius 3 is 2.53 bits per heavy atom. The quantitative estimate of drug-likeness (QED) is 0.915. The molecule has 0 aliphatic carbocycles. The zero-order valence-electron chi connectivity index (χ0n) is 11.4. The molecule has 0 radical (unpaired) electrons. The van der Waals surface area contributed by atoms with E-state index in [0.717, 1.165) is 29.5 Å². The number of rotatable bonds is 4. The van der Waals surface area contributed by atoms with Crippen LogP contribution in [0.5, 0.6) is 5.88 Å². The summed E-state index contributed by atoms with van der Waals surface area (Å²) in [5.74, 6) is 0.114. The minimum absolute atomic E-state index is 0.114. The Morgan fingerprint density at radius 2 is 1.89 bits per heavy atom. The molecule has 1 aromatic heterocycles. The van der Waals surface area contributed by atoms with Gasteiger partial charge in [-0.15, -0.1) is 0 Å². The van der Waals surface area contributed by atoms with Gasteiger partial charge in [0.2, 0.25) is 0 Å². The lowest BCUT2D eigenvalue weighted by molar-refractivity contribution is 0.399. The highest BCUT2D eigenvalue weighted by Gasteiger charge is 2.10. The molecule has 0 atom stereocenters. The fraction of sp³-hybridized carbons (Fsp3) is 0.312. The van der Waals surface area contributed by atoms with Crippen molar-refractivity contribution in [3.63, 3.8) is 0 Å². The van der Waals surface area contributed by atoms with Gasteiger partial charge >= 0.3 is 0 Å². The summed E-state index contributed by atoms with van der Waals surface area (Å²) in [7, 11) is 0. The SMILES string of the molecule is CCc1c(C)cc(=O)n(CCc2ccccc2)c1O. The molecule has 19 heavy (non-hydrogen) atoms. The predicted molar refractivity (Wildman–Crippen MR) is 76.6 cm³/mol. The van der Waals surface area contributed by atoms with E-state index in [0.29, 0.717) is 6.54 Å². The molecule has 1 heterocycles. The standard InChI is InChI=1S/C16H19NO2/c1-3-14-12(2)11-15(18)17(16(14)19)10-9-13-7-5-4-6-8-13/h4-8,11,19H,3,9-10H2,1-2H3. The average molecular weight is 257 g/mol. The molecule has 0 aliphatic rings. The topological polar surface area (TPSA) is 42.2 Å². The summed E-state index contributed by atoms with van der Waals surface area (Å²) in [6.45, 7) is 4.34. The van der Waals surface area contributed by atoms with Crippen molar-refractivity contribution in [1.82, 2.24) is 4.57 Å². The second kappa shape index (κ2) is 5.74. The Hall–Kier alpha value is -2.03. The number of nitrogens with zero attached hydrogens (tertiary/aromatic N) is 1. The van der Waals surface area contributed by atoms with E-state index < -0.39 is 0 Å². The van der Waals surface area contributed by atoms with E-state index in [1.807, 2.05) is 44.2 Å². The third kappa shape index (κ3) is 2.87. The maximum atomic E-state index is 12.0. The van der Waals surface area contributed by atoms with E-state index in [2.05, 4.69) is 0 Å². The van der Waals surface area contributed by atoms with Crippen molar-refractivity contribution in [3.8, 4) is 5.88 Å². The summed E-state index contributed by atoms with van der Waals surface area (Å²) in [6.07, 6.45) is 1.46. The summed E-state index contributed by atoms with van der Waals surface area (Å²) < 4.78 is 1.46. The van der Waals surface area contributed by atoms with Crippen LogP contribution < -0.4 is 5.56 Å². The summed E-state index contributed by atoms with van der Waals surface area (Å²) in [5.41, 5.74) is 2.74. The number of hydrogen-bond donors (Lipinski definition) is 1. The Kier molecular flexibility index (Phi) is 4.05. The van der Waals surface area contributed by atoms with Crippen molar-refractivity contribution in [3.05, 3.63) is 63.4 Å². The van der Waals surface area contributed by atoms with Crippen LogP contribution in [0.4, 0.5) is 0 Å². The van der Waals surface area contributed by atoms with Gasteiger partial charge in [-0.2, -0.15) is 0 Å². The summed E-state index contributed by atoms with van der Waals surface area (Å²) in [6, 6.07) is 11.6. The van der Waals surface area contributed by atoms with Crippen LogP contribution in [0.25, 0.3) is 0 Å². The predicted octanol–water partition coefficient (Wildman–Crippen LogP) is 2.67. The van der Waals surface area contributed by atoms with Gasteiger partial charge in [-0.3, -0.25) is 9.36 Å². The minimum Gasteiger partial charge on any atom is -0.494 e. The molecule has 0 saturated heterocycles. The zero-order chi connectivity index (χ0) is 13.8. The molecule has 0 aliphatic heterocycles. The largest absolute Gasteiger partial charge is 0.494 e. The molecule has 0 fully saturated rings. The van der Waals surface area contributed by atoms with Crippen LogP contribution in [-0.2, 0) is 19.4 Å². The molecule has 1 aromatic carbocycles. The van der Waals surface area contributed by atoms with Crippen molar-refractivity contribution in [2.75, 3.05) is 0 Å². The summed E-state index contributed by atoms with van der Waals surface area (Å²) in [5, 5.41) is 10.2. The van der Waals surface area contributed by atoms with Crippen LogP contribution in [0, 0.1) is 6.92 Å². The van der Waals surface area contributed by atoms with Crippen LogP contribution >= 0.6 is 0 Å². The Bertz CT molecular complexity index is 615. The van der Waals surface area contributed by atoms with Crippen LogP contribution in [0.15, 0.2) is 41.2 Å². The molecule has 1 N–H and O–H groups in total. The van der Waals surface area contributed by atoms with Gasteiger partial charge in [0.1, 0.15) is 0 Å². The molecule has 0 amide bonds. The molecule has 3 heteroatoms. The van der Waals surface area contributed by atoms with Crippen molar-refractivity contribution in [2.24, 2.45) is 0 Å². The second-order valence-corrected chi connectivity index (χ2v) is 4.71. The lowest BCUT2D eigenvalue weighted by Gasteiger charge is -2.13. The first kappa shape index (κ1) is 13.4. The highest BCUT2D eigenvalue weighted by Crippen LogP contribution is 2.19. The lowest BCUT2D eigenvalue weighted by Crippen LogP contribution is -2.22. The van der Waals surface area contributed by atoms with Gasteiger partial charge in [0.15, 0.2) is 5.88 Å². The summed E-state index contributed by atoms with van der Waals surface area (Å²) in [4.78, 5) is 12.0. The zero-order valence-corrected chi connectivity index (χ0v) is 11.4. The first-order valence-electron chi connectivity index (χ1n) is 6.59. The van der Waals surface area contributed by atoms with Crippen LogP contribution in [-0.4, -0.2) is 9.67 Å². The van der Waals surface area contributed by atoms with Crippen molar-refractivity contribution in [2.45, 2.75) is 33.2 Å². The normalized spacial score (nSPS) is 10.6. The molecule has 3 nitrogen and oxygen atoms in total. The second-order valence-electron chi connectivity index (χ2n) is 4.71. The first-order chi connectivity index (χ1) is 9.13. The highest BCUT2D eigenvalue weighted by atomic mass is 16.3. The molecular formula is C16H19NO2. The number of aromatic hydroxyl groups is 1. The summed E-state index contributed by atoms with van der Waals surface area (Å²) >= 11 is 0. The molecule has 0 spiro atoms. The molecule has 2 aromatic rings. The molecule has 100 valence electrons. The Morgan fingerprint density at radius 1 is 1.21 bits per heavy atom. The maximum Gasteiger partial charge on any atom is 0.253 e. The highest BCUT2D eigenvalue weighted by molar-refractivity contribution is 5.33. The molecular weight excluding hydrogens is 238 g/mol. The van der Waals surface area contributed by atoms with Crippen LogP contribution in [0.1, 0.15) is 23.6 Å². The van der Waals surface area contributed by atoms with E-state index in [4.69, 9.17) is 0 Å². The lowest BCUT2D eigenvalue weighted by atomic mass is 10.1. The third-order valence-electron chi connectivity index (χ3n) is 3.43. The molecule has 2 rings (SSSR count). The van der Waals surface area contributed by atoms with Gasteiger partial charge in [-0.05, 0) is 30.9 Å². The molecule has 0 saturated carbocycles. The Labute approximate surface area is 113 Å². The number of pyridine rings is 1. The van der Waals surface area contributed by atoms with Gasteiger partial charge in [-0.25, -0.2) is 0 Å². The van der Waals surface area contributed by atoms with E-state index >= 15 is 0 Å². The third-order valence-corrected chi connectivity index (χ3v) is 3.43. The fourth-order valence-corrected chi connectivity index (χ4v) is 2.33. The van der Waals surface area contributed by atoms with Gasteiger partial charge in [-0.1, -0.05) is 37.3 Å². The number of benzene rings is 1. The number of aryl methyl sites for hydroxylation is 2. The van der Waals surface area contributed by atoms with E-state index in [-0.39, 0.29) is 11.4 Å². The van der Waals surface area contributed by atoms with Gasteiger partial charge in [0, 0.05) is 18.2 Å². The van der Waals surface area contributed by atoms with Crippen LogP contribution in [0.3, 0.4) is 0 Å². The van der Waals surface area contributed by atoms with Gasteiger partial charge in [0.25, 0.3) is 5.56 Å². The molecule has 0 bridgehead atoms. The van der Waals surface area contributed by atoms with Crippen molar-refractivity contribution >= 4 is 0 Å². The van der Waals surface area contributed by atoms with E-state index in [1.54, 1.807) is 6.07 Å². The van der Waals surface area contributed by atoms with Crippen LogP contribution in [0.2, 0.25) is 0 Å². The average Bonchev–Trinajstić information content (AvgIpc) is 2.39. The number of hydrogen-bond acceptors (Lipinski definition) is 2. The van der Waals surface area contributed by atoms with E-state index in [9.17, 15) is 9.90 Å². The number of aromatic nitrogens is 1. The fourth-order valence-electron chi connectivity index (χ4n) is 2.33. The van der Waals surface area contributed by atoms with Crippen molar-refractivity contribution in [1.29, 1.82) is 0 Å². The van der Waals surface area contributed by atoms with Gasteiger partial charge in [0.05, 0.1) is 0 Å². The monoisotopic (exact) mass is 257 g/mol. The van der Waals surface area contributed by atoms with E-state index in [1.165, 1.54) is 4.57 Å². The smallest absolute Gasteiger partial charge is 0.253 e. The molecule has 0 unspecified atom stereocenters. The maximum absolute atomic E-state index is 12.0. The minimum atomic E-state index is -0.136. The Balaban J connectivity index is 2.28. The van der Waals surface area contributed by atoms with Gasteiger partial charge < -0.3 is 5.11 Å². The van der Waals surface area contributed by atoms with Crippen molar-refractivity contribution < 1.29 is 5.11 Å². The first-order valence-corrected chi connectivity index (χ1v) is 6.59.